The van der Waals surface area contributed by atoms with Crippen LogP contribution < -0.4 is 0 Å². The maximum Gasteiger partial charge on any atom is 0.164 e. The first-order chi connectivity index (χ1) is 28.2. The summed E-state index contributed by atoms with van der Waals surface area (Å²) in [5.74, 6) is 1.91. The molecule has 3 aromatic heterocycles. The van der Waals surface area contributed by atoms with E-state index in [1.54, 1.807) is 0 Å². The van der Waals surface area contributed by atoms with Crippen LogP contribution in [0.25, 0.3) is 110 Å². The van der Waals surface area contributed by atoms with Gasteiger partial charge in [0.1, 0.15) is 0 Å². The van der Waals surface area contributed by atoms with Crippen molar-refractivity contribution in [2.75, 3.05) is 0 Å². The van der Waals surface area contributed by atoms with Gasteiger partial charge in [-0.05, 0) is 51.2 Å². The Balaban J connectivity index is 0.960. The van der Waals surface area contributed by atoms with E-state index in [1.807, 2.05) is 47.7 Å². The fourth-order valence-corrected chi connectivity index (χ4v) is 9.12. The summed E-state index contributed by atoms with van der Waals surface area (Å²) in [4.78, 5) is 20.3. The second-order valence-electron chi connectivity index (χ2n) is 14.2. The molecule has 5 heteroatoms. The third kappa shape index (κ3) is 5.93. The van der Waals surface area contributed by atoms with E-state index in [0.29, 0.717) is 17.5 Å². The highest BCUT2D eigenvalue weighted by Crippen LogP contribution is 2.45. The molecule has 0 aliphatic rings. The zero-order chi connectivity index (χ0) is 37.7. The van der Waals surface area contributed by atoms with Gasteiger partial charge in [0, 0.05) is 43.1 Å². The van der Waals surface area contributed by atoms with Crippen LogP contribution in [-0.4, -0.2) is 19.9 Å². The van der Waals surface area contributed by atoms with Gasteiger partial charge in [-0.25, -0.2) is 19.9 Å². The van der Waals surface area contributed by atoms with E-state index >= 15 is 0 Å². The Bertz CT molecular complexity index is 3270. The van der Waals surface area contributed by atoms with Crippen molar-refractivity contribution in [3.63, 3.8) is 0 Å². The lowest BCUT2D eigenvalue weighted by Gasteiger charge is -2.11. The summed E-state index contributed by atoms with van der Waals surface area (Å²) in [6.07, 6.45) is 0. The number of benzene rings is 8. The molecule has 11 rings (SSSR count). The highest BCUT2D eigenvalue weighted by molar-refractivity contribution is 7.26. The standard InChI is InChI=1S/C52H32N4S/c1-3-12-33(13-4-1)40-17-11-18-41(32-40)52-55-50(38-15-5-2-6-16-38)54-51(56-52)39-28-24-35(25-29-39)34-22-26-37(27-23-34)48-49-47(43-20-9-10-21-45(43)57-49)46-42-19-8-7-14-36(42)30-31-44(46)53-48/h1-32H. The van der Waals surface area contributed by atoms with Gasteiger partial charge < -0.3 is 0 Å². The molecule has 8 aromatic carbocycles. The third-order valence-corrected chi connectivity index (χ3v) is 11.9. The van der Waals surface area contributed by atoms with Gasteiger partial charge in [-0.1, -0.05) is 176 Å². The Morgan fingerprint density at radius 3 is 1.54 bits per heavy atom. The molecule has 0 radical (unpaired) electrons. The summed E-state index contributed by atoms with van der Waals surface area (Å²) < 4.78 is 2.49. The normalized spacial score (nSPS) is 11.5. The first-order valence-electron chi connectivity index (χ1n) is 19.0. The molecule has 0 atom stereocenters. The second kappa shape index (κ2) is 13.7. The van der Waals surface area contributed by atoms with E-state index in [2.05, 4.69) is 158 Å². The van der Waals surface area contributed by atoms with Crippen molar-refractivity contribution in [2.45, 2.75) is 0 Å². The van der Waals surface area contributed by atoms with Crippen molar-refractivity contribution in [3.8, 4) is 67.7 Å². The highest BCUT2D eigenvalue weighted by Gasteiger charge is 2.18. The van der Waals surface area contributed by atoms with Crippen LogP contribution in [0.2, 0.25) is 0 Å². The van der Waals surface area contributed by atoms with Gasteiger partial charge in [0.25, 0.3) is 0 Å². The van der Waals surface area contributed by atoms with Crippen LogP contribution in [0, 0.1) is 0 Å². The number of rotatable bonds is 6. The molecule has 0 spiro atoms. The molecule has 3 heterocycles. The number of fused-ring (bicyclic) bond motifs is 7. The van der Waals surface area contributed by atoms with Crippen LogP contribution in [0.4, 0.5) is 0 Å². The first kappa shape index (κ1) is 33.0. The van der Waals surface area contributed by atoms with Gasteiger partial charge in [0.05, 0.1) is 15.9 Å². The molecule has 57 heavy (non-hydrogen) atoms. The molecule has 0 bridgehead atoms. The van der Waals surface area contributed by atoms with Crippen LogP contribution in [0.1, 0.15) is 0 Å². The Kier molecular flexibility index (Phi) is 7.97. The molecule has 0 amide bonds. The maximum absolute atomic E-state index is 5.34. The second-order valence-corrected chi connectivity index (χ2v) is 15.3. The van der Waals surface area contributed by atoms with Crippen molar-refractivity contribution >= 4 is 53.2 Å². The van der Waals surface area contributed by atoms with Gasteiger partial charge in [-0.2, -0.15) is 0 Å². The van der Waals surface area contributed by atoms with E-state index in [1.165, 1.54) is 36.3 Å². The van der Waals surface area contributed by atoms with Crippen molar-refractivity contribution in [3.05, 3.63) is 194 Å². The number of aromatic nitrogens is 4. The number of nitrogens with zero attached hydrogens (tertiary/aromatic N) is 4. The molecule has 11 aromatic rings. The third-order valence-electron chi connectivity index (χ3n) is 10.7. The zero-order valence-corrected chi connectivity index (χ0v) is 31.5. The molecule has 266 valence electrons. The van der Waals surface area contributed by atoms with Crippen molar-refractivity contribution in [1.29, 1.82) is 0 Å². The molecule has 0 aliphatic carbocycles. The van der Waals surface area contributed by atoms with E-state index in [4.69, 9.17) is 19.9 Å². The number of hydrogen-bond donors (Lipinski definition) is 0. The van der Waals surface area contributed by atoms with Gasteiger partial charge in [-0.3, -0.25) is 0 Å². The molecule has 0 unspecified atom stereocenters. The Hall–Kier alpha value is -7.34. The lowest BCUT2D eigenvalue weighted by Crippen LogP contribution is -2.00. The van der Waals surface area contributed by atoms with Crippen molar-refractivity contribution in [2.24, 2.45) is 0 Å². The summed E-state index contributed by atoms with van der Waals surface area (Å²) in [6.45, 7) is 0. The summed E-state index contributed by atoms with van der Waals surface area (Å²) >= 11 is 1.83. The molecule has 0 fully saturated rings. The number of hydrogen-bond acceptors (Lipinski definition) is 5. The largest absolute Gasteiger partial charge is 0.246 e. The minimum Gasteiger partial charge on any atom is -0.246 e. The fraction of sp³-hybridized carbons (Fsp3) is 0. The molecule has 0 N–H and O–H groups in total. The van der Waals surface area contributed by atoms with Crippen molar-refractivity contribution in [1.82, 2.24) is 19.9 Å². The van der Waals surface area contributed by atoms with Gasteiger partial charge in [0.2, 0.25) is 0 Å². The monoisotopic (exact) mass is 744 g/mol. The topological polar surface area (TPSA) is 51.6 Å². The first-order valence-corrected chi connectivity index (χ1v) is 19.9. The van der Waals surface area contributed by atoms with Gasteiger partial charge in [-0.15, -0.1) is 11.3 Å². The Morgan fingerprint density at radius 1 is 0.316 bits per heavy atom. The van der Waals surface area contributed by atoms with Gasteiger partial charge >= 0.3 is 0 Å². The lowest BCUT2D eigenvalue weighted by atomic mass is 9.97. The molecule has 0 aliphatic heterocycles. The molecule has 0 saturated heterocycles. The van der Waals surface area contributed by atoms with Crippen LogP contribution in [0.3, 0.4) is 0 Å². The lowest BCUT2D eigenvalue weighted by molar-refractivity contribution is 1.07. The smallest absolute Gasteiger partial charge is 0.164 e. The SMILES string of the molecule is c1ccc(-c2cccc(-c3nc(-c4ccccc4)nc(-c4ccc(-c5ccc(-c6nc7ccc8ccccc8c7c7c6sc6ccccc67)cc5)cc4)n3)c2)cc1. The molecule has 4 nitrogen and oxygen atoms in total. The minimum absolute atomic E-state index is 0.633. The van der Waals surface area contributed by atoms with Gasteiger partial charge in [0.15, 0.2) is 17.5 Å². The van der Waals surface area contributed by atoms with E-state index in [0.717, 1.165) is 55.7 Å². The molecule has 0 saturated carbocycles. The zero-order valence-electron chi connectivity index (χ0n) is 30.7. The Labute approximate surface area is 333 Å². The van der Waals surface area contributed by atoms with E-state index in [9.17, 15) is 0 Å². The minimum atomic E-state index is 0.633. The average molecular weight is 745 g/mol. The fourth-order valence-electron chi connectivity index (χ4n) is 7.89. The van der Waals surface area contributed by atoms with Crippen LogP contribution in [0.15, 0.2) is 194 Å². The summed E-state index contributed by atoms with van der Waals surface area (Å²) in [7, 11) is 0. The summed E-state index contributed by atoms with van der Waals surface area (Å²) in [5.41, 5.74) is 10.5. The average Bonchev–Trinajstić information content (AvgIpc) is 3.69. The molecular formula is C52H32N4S. The highest BCUT2D eigenvalue weighted by atomic mass is 32.1. The predicted octanol–water partition coefficient (Wildman–Crippen LogP) is 13.9. The Morgan fingerprint density at radius 2 is 0.825 bits per heavy atom. The maximum atomic E-state index is 5.34. The quantitative estimate of drug-likeness (QED) is 0.159. The molecular weight excluding hydrogens is 713 g/mol. The van der Waals surface area contributed by atoms with Crippen molar-refractivity contribution < 1.29 is 0 Å². The van der Waals surface area contributed by atoms with Crippen LogP contribution >= 0.6 is 11.3 Å². The van der Waals surface area contributed by atoms with E-state index < -0.39 is 0 Å². The van der Waals surface area contributed by atoms with Crippen LogP contribution in [0.5, 0.6) is 0 Å². The van der Waals surface area contributed by atoms with E-state index in [-0.39, 0.29) is 0 Å². The summed E-state index contributed by atoms with van der Waals surface area (Å²) in [5, 5.41) is 6.26. The van der Waals surface area contributed by atoms with Crippen LogP contribution in [-0.2, 0) is 0 Å². The number of thiophene rings is 1. The number of pyridine rings is 1. The summed E-state index contributed by atoms with van der Waals surface area (Å²) in [6, 6.07) is 67.9. The predicted molar refractivity (Wildman–Crippen MR) is 238 cm³/mol.